The van der Waals surface area contributed by atoms with Crippen LogP contribution in [0.4, 0.5) is 0 Å². The lowest BCUT2D eigenvalue weighted by atomic mass is 10.1. The first kappa shape index (κ1) is 14.2. The van der Waals surface area contributed by atoms with E-state index in [4.69, 9.17) is 0 Å². The number of aliphatic hydroxyl groups is 1. The summed E-state index contributed by atoms with van der Waals surface area (Å²) in [5.41, 5.74) is 1.27. The number of hydrogen-bond donors (Lipinski definition) is 2. The van der Waals surface area contributed by atoms with E-state index in [1.54, 1.807) is 0 Å². The van der Waals surface area contributed by atoms with Gasteiger partial charge in [0.25, 0.3) is 0 Å². The Labute approximate surface area is 104 Å². The molecule has 0 radical (unpaired) electrons. The normalized spacial score (nSPS) is 12.9. The van der Waals surface area contributed by atoms with Gasteiger partial charge in [0.1, 0.15) is 0 Å². The zero-order valence-electron chi connectivity index (χ0n) is 10.9. The van der Waals surface area contributed by atoms with E-state index in [0.29, 0.717) is 0 Å². The van der Waals surface area contributed by atoms with Crippen LogP contribution in [0, 0.1) is 0 Å². The van der Waals surface area contributed by atoms with Gasteiger partial charge in [0.2, 0.25) is 0 Å². The van der Waals surface area contributed by atoms with Crippen molar-refractivity contribution in [3.63, 3.8) is 0 Å². The summed E-state index contributed by atoms with van der Waals surface area (Å²) in [6.07, 6.45) is 2.00. The Morgan fingerprint density at radius 1 is 1.24 bits per heavy atom. The molecule has 0 heterocycles. The minimum absolute atomic E-state index is 0.166. The van der Waals surface area contributed by atoms with Crippen LogP contribution >= 0.6 is 0 Å². The van der Waals surface area contributed by atoms with Gasteiger partial charge in [-0.2, -0.15) is 0 Å². The highest BCUT2D eigenvalue weighted by Crippen LogP contribution is 2.02. The Bertz CT molecular complexity index is 288. The molecule has 0 aliphatic rings. The highest BCUT2D eigenvalue weighted by atomic mass is 16.3. The summed E-state index contributed by atoms with van der Waals surface area (Å²) in [5.74, 6) is 0. The third kappa shape index (κ3) is 6.41. The second-order valence-corrected chi connectivity index (χ2v) is 4.68. The average Bonchev–Trinajstić information content (AvgIpc) is 2.34. The van der Waals surface area contributed by atoms with Crippen LogP contribution in [0.2, 0.25) is 0 Å². The van der Waals surface area contributed by atoms with E-state index in [-0.39, 0.29) is 12.6 Å². The monoisotopic (exact) mass is 236 g/mol. The fourth-order valence-corrected chi connectivity index (χ4v) is 1.80. The quantitative estimate of drug-likeness (QED) is 0.664. The van der Waals surface area contributed by atoms with Crippen LogP contribution in [0.25, 0.3) is 0 Å². The Balaban J connectivity index is 2.24. The molecule has 0 aromatic heterocycles. The summed E-state index contributed by atoms with van der Waals surface area (Å²) in [7, 11) is 4.15. The molecule has 2 N–H and O–H groups in total. The molecule has 1 aromatic carbocycles. The van der Waals surface area contributed by atoms with Crippen molar-refractivity contribution in [1.82, 2.24) is 10.2 Å². The Kier molecular flexibility index (Phi) is 6.86. The molecule has 96 valence electrons. The standard InChI is InChI=1S/C14H24N2O/c1-16(2)10-6-9-15-14(12-17)11-13-7-4-3-5-8-13/h3-5,7-8,14-15,17H,6,9-12H2,1-2H3. The third-order valence-electron chi connectivity index (χ3n) is 2.76. The van der Waals surface area contributed by atoms with Crippen molar-refractivity contribution < 1.29 is 5.11 Å². The molecule has 0 fully saturated rings. The summed E-state index contributed by atoms with van der Waals surface area (Å²) in [6, 6.07) is 10.5. The summed E-state index contributed by atoms with van der Waals surface area (Å²) in [4.78, 5) is 2.17. The number of nitrogens with one attached hydrogen (secondary N) is 1. The SMILES string of the molecule is CN(C)CCCNC(CO)Cc1ccccc1. The van der Waals surface area contributed by atoms with E-state index < -0.39 is 0 Å². The smallest absolute Gasteiger partial charge is 0.0587 e. The predicted octanol–water partition coefficient (Wildman–Crippen LogP) is 1.13. The van der Waals surface area contributed by atoms with E-state index in [9.17, 15) is 5.11 Å². The molecule has 0 aliphatic carbocycles. The first-order chi connectivity index (χ1) is 8.22. The van der Waals surface area contributed by atoms with Gasteiger partial charge in [-0.3, -0.25) is 0 Å². The Morgan fingerprint density at radius 2 is 1.94 bits per heavy atom. The topological polar surface area (TPSA) is 35.5 Å². The number of rotatable bonds is 8. The largest absolute Gasteiger partial charge is 0.395 e. The Morgan fingerprint density at radius 3 is 2.53 bits per heavy atom. The van der Waals surface area contributed by atoms with Gasteiger partial charge in [0, 0.05) is 6.04 Å². The van der Waals surface area contributed by atoms with Crippen LogP contribution < -0.4 is 5.32 Å². The van der Waals surface area contributed by atoms with Gasteiger partial charge in [-0.1, -0.05) is 30.3 Å². The fraction of sp³-hybridized carbons (Fsp3) is 0.571. The van der Waals surface area contributed by atoms with Gasteiger partial charge in [-0.15, -0.1) is 0 Å². The minimum Gasteiger partial charge on any atom is -0.395 e. The molecule has 0 saturated carbocycles. The molecule has 0 amide bonds. The fourth-order valence-electron chi connectivity index (χ4n) is 1.80. The predicted molar refractivity (Wildman–Crippen MR) is 72.2 cm³/mol. The van der Waals surface area contributed by atoms with E-state index in [1.165, 1.54) is 5.56 Å². The van der Waals surface area contributed by atoms with Gasteiger partial charge in [0.05, 0.1) is 6.61 Å². The molecule has 0 spiro atoms. The summed E-state index contributed by atoms with van der Waals surface area (Å²) in [6.45, 7) is 2.23. The van der Waals surface area contributed by atoms with Crippen LogP contribution in [-0.2, 0) is 6.42 Å². The van der Waals surface area contributed by atoms with Crippen LogP contribution in [0.3, 0.4) is 0 Å². The molecule has 1 unspecified atom stereocenters. The number of aliphatic hydroxyl groups excluding tert-OH is 1. The second kappa shape index (κ2) is 8.23. The molecule has 1 rings (SSSR count). The van der Waals surface area contributed by atoms with E-state index >= 15 is 0 Å². The van der Waals surface area contributed by atoms with E-state index in [2.05, 4.69) is 36.4 Å². The van der Waals surface area contributed by atoms with Crippen LogP contribution in [0.15, 0.2) is 30.3 Å². The highest BCUT2D eigenvalue weighted by molar-refractivity contribution is 5.15. The summed E-state index contributed by atoms with van der Waals surface area (Å²) < 4.78 is 0. The Hall–Kier alpha value is -0.900. The van der Waals surface area contributed by atoms with Crippen molar-refractivity contribution in [3.8, 4) is 0 Å². The average molecular weight is 236 g/mol. The van der Waals surface area contributed by atoms with Crippen molar-refractivity contribution in [3.05, 3.63) is 35.9 Å². The molecule has 17 heavy (non-hydrogen) atoms. The van der Waals surface area contributed by atoms with Gasteiger partial charge < -0.3 is 15.3 Å². The van der Waals surface area contributed by atoms with Crippen LogP contribution in [0.5, 0.6) is 0 Å². The maximum atomic E-state index is 9.32. The van der Waals surface area contributed by atoms with Gasteiger partial charge >= 0.3 is 0 Å². The molecule has 1 atom stereocenters. The highest BCUT2D eigenvalue weighted by Gasteiger charge is 2.06. The molecular weight excluding hydrogens is 212 g/mol. The van der Waals surface area contributed by atoms with Crippen molar-refractivity contribution >= 4 is 0 Å². The van der Waals surface area contributed by atoms with Crippen molar-refractivity contribution in [1.29, 1.82) is 0 Å². The summed E-state index contributed by atoms with van der Waals surface area (Å²) in [5, 5.41) is 12.7. The first-order valence-electron chi connectivity index (χ1n) is 6.25. The molecule has 0 saturated heterocycles. The molecule has 3 nitrogen and oxygen atoms in total. The molecule has 3 heteroatoms. The van der Waals surface area contributed by atoms with Crippen LogP contribution in [0.1, 0.15) is 12.0 Å². The van der Waals surface area contributed by atoms with Crippen LogP contribution in [-0.4, -0.2) is 49.8 Å². The number of nitrogens with zero attached hydrogens (tertiary/aromatic N) is 1. The second-order valence-electron chi connectivity index (χ2n) is 4.68. The summed E-state index contributed by atoms with van der Waals surface area (Å²) >= 11 is 0. The van der Waals surface area contributed by atoms with Gasteiger partial charge in [-0.25, -0.2) is 0 Å². The minimum atomic E-state index is 0.166. The zero-order chi connectivity index (χ0) is 12.5. The molecule has 0 aliphatic heterocycles. The zero-order valence-corrected chi connectivity index (χ0v) is 10.9. The lowest BCUT2D eigenvalue weighted by Gasteiger charge is -2.17. The van der Waals surface area contributed by atoms with E-state index in [1.807, 2.05) is 18.2 Å². The number of hydrogen-bond acceptors (Lipinski definition) is 3. The van der Waals surface area contributed by atoms with Gasteiger partial charge in [0.15, 0.2) is 0 Å². The van der Waals surface area contributed by atoms with E-state index in [0.717, 1.165) is 25.9 Å². The van der Waals surface area contributed by atoms with Crippen molar-refractivity contribution in [2.24, 2.45) is 0 Å². The number of benzene rings is 1. The lowest BCUT2D eigenvalue weighted by Crippen LogP contribution is -2.36. The van der Waals surface area contributed by atoms with Gasteiger partial charge in [-0.05, 0) is 45.6 Å². The maximum Gasteiger partial charge on any atom is 0.0587 e. The third-order valence-corrected chi connectivity index (χ3v) is 2.76. The molecular formula is C14H24N2O. The maximum absolute atomic E-state index is 9.32. The molecule has 0 bridgehead atoms. The van der Waals surface area contributed by atoms with Crippen molar-refractivity contribution in [2.75, 3.05) is 33.8 Å². The lowest BCUT2D eigenvalue weighted by molar-refractivity contribution is 0.240. The molecule has 1 aromatic rings. The first-order valence-corrected chi connectivity index (χ1v) is 6.25. The van der Waals surface area contributed by atoms with Crippen molar-refractivity contribution in [2.45, 2.75) is 18.9 Å².